The first-order valence-electron chi connectivity index (χ1n) is 12.3. The van der Waals surface area contributed by atoms with E-state index in [9.17, 15) is 0 Å². The molecule has 0 radical (unpaired) electrons. The van der Waals surface area contributed by atoms with E-state index in [1.807, 2.05) is 24.3 Å². The number of halogens is 1. The van der Waals surface area contributed by atoms with Gasteiger partial charge < -0.3 is 4.74 Å². The summed E-state index contributed by atoms with van der Waals surface area (Å²) in [6.45, 7) is 2.36. The third kappa shape index (κ3) is 4.26. The second kappa shape index (κ2) is 9.07. The Balaban J connectivity index is 1.26. The monoisotopic (exact) mass is 463 g/mol. The maximum absolute atomic E-state index is 6.44. The van der Waals surface area contributed by atoms with E-state index in [0.29, 0.717) is 12.0 Å². The van der Waals surface area contributed by atoms with E-state index in [-0.39, 0.29) is 6.10 Å². The zero-order valence-corrected chi connectivity index (χ0v) is 19.6. The highest BCUT2D eigenvalue weighted by molar-refractivity contribution is 6.30. The number of fused-ring (bicyclic) bond motifs is 3. The van der Waals surface area contributed by atoms with Gasteiger partial charge >= 0.3 is 0 Å². The standard InChI is InChI=1S/C26H30ClN5O/c27-20-8-11-23-19(15-20)16-21(31-13-3-4-14-31)17-24-29-30-26(32(23)24)18-6-9-22(10-7-18)33-25-5-1-2-12-28-25/h1-2,5,8,11-12,15,18,21-22H,3-4,6-7,9-10,13-14,16-17H2/t18?,21-,22?/m0/s1. The van der Waals surface area contributed by atoms with Crippen LogP contribution in [0.3, 0.4) is 0 Å². The largest absolute Gasteiger partial charge is 0.474 e. The summed E-state index contributed by atoms with van der Waals surface area (Å²) < 4.78 is 8.47. The Kier molecular flexibility index (Phi) is 5.80. The average Bonchev–Trinajstić information content (AvgIpc) is 3.48. The van der Waals surface area contributed by atoms with Crippen molar-refractivity contribution < 1.29 is 4.74 Å². The van der Waals surface area contributed by atoms with Crippen molar-refractivity contribution in [2.24, 2.45) is 0 Å². The molecule has 0 spiro atoms. The predicted octanol–water partition coefficient (Wildman–Crippen LogP) is 4.98. The number of benzene rings is 1. The van der Waals surface area contributed by atoms with Crippen LogP contribution in [0.25, 0.3) is 5.69 Å². The lowest BCUT2D eigenvalue weighted by atomic mass is 9.86. The summed E-state index contributed by atoms with van der Waals surface area (Å²) in [6.07, 6.45) is 10.7. The molecule has 2 aromatic heterocycles. The molecule has 1 saturated heterocycles. The Morgan fingerprint density at radius 2 is 1.79 bits per heavy atom. The molecule has 6 nitrogen and oxygen atoms in total. The number of pyridine rings is 1. The fourth-order valence-corrected chi connectivity index (χ4v) is 6.05. The summed E-state index contributed by atoms with van der Waals surface area (Å²) in [5.74, 6) is 3.31. The lowest BCUT2D eigenvalue weighted by Gasteiger charge is -2.28. The molecule has 6 rings (SSSR count). The number of hydrogen-bond acceptors (Lipinski definition) is 5. The first kappa shape index (κ1) is 21.1. The molecule has 172 valence electrons. The van der Waals surface area contributed by atoms with Gasteiger partial charge in [-0.1, -0.05) is 17.7 Å². The molecule has 4 heterocycles. The molecule has 1 saturated carbocycles. The van der Waals surface area contributed by atoms with Crippen molar-refractivity contribution in [1.82, 2.24) is 24.6 Å². The van der Waals surface area contributed by atoms with Gasteiger partial charge in [0.05, 0.1) is 5.69 Å². The molecule has 0 amide bonds. The molecule has 1 atom stereocenters. The molecule has 1 aliphatic carbocycles. The van der Waals surface area contributed by atoms with Gasteiger partial charge in [-0.2, -0.15) is 0 Å². The minimum Gasteiger partial charge on any atom is -0.474 e. The van der Waals surface area contributed by atoms with Crippen molar-refractivity contribution in [1.29, 1.82) is 0 Å². The van der Waals surface area contributed by atoms with Crippen LogP contribution in [0, 0.1) is 0 Å². The lowest BCUT2D eigenvalue weighted by Crippen LogP contribution is -2.36. The van der Waals surface area contributed by atoms with Crippen LogP contribution in [0.1, 0.15) is 61.7 Å². The Morgan fingerprint density at radius 3 is 2.58 bits per heavy atom. The number of ether oxygens (including phenoxy) is 1. The highest BCUT2D eigenvalue weighted by Gasteiger charge is 2.33. The van der Waals surface area contributed by atoms with Gasteiger partial charge in [-0.25, -0.2) is 4.98 Å². The van der Waals surface area contributed by atoms with Gasteiger partial charge in [0.2, 0.25) is 5.88 Å². The summed E-state index contributed by atoms with van der Waals surface area (Å²) in [6, 6.07) is 12.6. The van der Waals surface area contributed by atoms with Crippen molar-refractivity contribution in [2.75, 3.05) is 13.1 Å². The third-order valence-electron chi connectivity index (χ3n) is 7.53. The topological polar surface area (TPSA) is 56.1 Å². The van der Waals surface area contributed by atoms with E-state index in [0.717, 1.165) is 61.1 Å². The fraction of sp³-hybridized carbons (Fsp3) is 0.500. The molecule has 0 N–H and O–H groups in total. The molecule has 0 bridgehead atoms. The second-order valence-electron chi connectivity index (χ2n) is 9.65. The summed E-state index contributed by atoms with van der Waals surface area (Å²) >= 11 is 6.44. The van der Waals surface area contributed by atoms with Gasteiger partial charge in [-0.05, 0) is 87.9 Å². The minimum atomic E-state index is 0.216. The maximum atomic E-state index is 6.44. The Labute approximate surface area is 199 Å². The second-order valence-corrected chi connectivity index (χ2v) is 10.1. The predicted molar refractivity (Wildman–Crippen MR) is 128 cm³/mol. The van der Waals surface area contributed by atoms with Gasteiger partial charge in [0.15, 0.2) is 0 Å². The van der Waals surface area contributed by atoms with Crippen LogP contribution in [-0.2, 0) is 12.8 Å². The lowest BCUT2D eigenvalue weighted by molar-refractivity contribution is 0.139. The summed E-state index contributed by atoms with van der Waals surface area (Å²) in [5.41, 5.74) is 2.52. The summed E-state index contributed by atoms with van der Waals surface area (Å²) in [5, 5.41) is 10.3. The molecule has 3 aromatic rings. The van der Waals surface area contributed by atoms with E-state index < -0.39 is 0 Å². The highest BCUT2D eigenvalue weighted by Crippen LogP contribution is 2.37. The maximum Gasteiger partial charge on any atom is 0.213 e. The zero-order valence-electron chi connectivity index (χ0n) is 18.9. The van der Waals surface area contributed by atoms with Crippen LogP contribution in [-0.4, -0.2) is 49.9 Å². The van der Waals surface area contributed by atoms with Crippen molar-refractivity contribution in [2.45, 2.75) is 69.4 Å². The summed E-state index contributed by atoms with van der Waals surface area (Å²) in [4.78, 5) is 6.95. The van der Waals surface area contributed by atoms with Crippen molar-refractivity contribution in [3.8, 4) is 11.6 Å². The Bertz CT molecular complexity index is 1100. The molecular formula is C26H30ClN5O. The molecule has 33 heavy (non-hydrogen) atoms. The smallest absolute Gasteiger partial charge is 0.213 e. The molecule has 1 aromatic carbocycles. The quantitative estimate of drug-likeness (QED) is 0.546. The average molecular weight is 464 g/mol. The van der Waals surface area contributed by atoms with Gasteiger partial charge in [-0.15, -0.1) is 10.2 Å². The van der Waals surface area contributed by atoms with Crippen LogP contribution in [0.5, 0.6) is 5.88 Å². The number of aromatic nitrogens is 4. The molecular weight excluding hydrogens is 434 g/mol. The number of likely N-dealkylation sites (tertiary alicyclic amines) is 1. The number of nitrogens with zero attached hydrogens (tertiary/aromatic N) is 5. The molecule has 3 aliphatic rings. The Morgan fingerprint density at radius 1 is 0.939 bits per heavy atom. The van der Waals surface area contributed by atoms with Crippen molar-refractivity contribution in [3.05, 3.63) is 64.8 Å². The van der Waals surface area contributed by atoms with E-state index in [1.54, 1.807) is 6.20 Å². The van der Waals surface area contributed by atoms with E-state index in [2.05, 4.69) is 26.6 Å². The zero-order chi connectivity index (χ0) is 22.2. The third-order valence-corrected chi connectivity index (χ3v) is 7.77. The van der Waals surface area contributed by atoms with E-state index in [1.165, 1.54) is 37.2 Å². The first-order valence-corrected chi connectivity index (χ1v) is 12.7. The van der Waals surface area contributed by atoms with Crippen LogP contribution in [0.15, 0.2) is 42.6 Å². The van der Waals surface area contributed by atoms with Crippen molar-refractivity contribution >= 4 is 11.6 Å². The van der Waals surface area contributed by atoms with Crippen LogP contribution in [0.4, 0.5) is 0 Å². The van der Waals surface area contributed by atoms with E-state index >= 15 is 0 Å². The number of rotatable bonds is 4. The van der Waals surface area contributed by atoms with Gasteiger partial charge in [0.1, 0.15) is 17.8 Å². The Hall–Kier alpha value is -2.44. The van der Waals surface area contributed by atoms with Gasteiger partial charge in [-0.3, -0.25) is 9.47 Å². The van der Waals surface area contributed by atoms with Gasteiger partial charge in [0, 0.05) is 35.7 Å². The molecule has 2 aliphatic heterocycles. The highest BCUT2D eigenvalue weighted by atomic mass is 35.5. The molecule has 0 unspecified atom stereocenters. The molecule has 7 heteroatoms. The number of hydrogen-bond donors (Lipinski definition) is 0. The fourth-order valence-electron chi connectivity index (χ4n) is 5.85. The summed E-state index contributed by atoms with van der Waals surface area (Å²) in [7, 11) is 0. The minimum absolute atomic E-state index is 0.216. The normalized spacial score (nSPS) is 25.3. The van der Waals surface area contributed by atoms with E-state index in [4.69, 9.17) is 26.5 Å². The van der Waals surface area contributed by atoms with Crippen molar-refractivity contribution in [3.63, 3.8) is 0 Å². The van der Waals surface area contributed by atoms with Gasteiger partial charge in [0.25, 0.3) is 0 Å². The van der Waals surface area contributed by atoms with Crippen LogP contribution in [0.2, 0.25) is 5.02 Å². The molecule has 2 fully saturated rings. The van der Waals surface area contributed by atoms with Crippen LogP contribution < -0.4 is 4.74 Å². The first-order chi connectivity index (χ1) is 16.2. The van der Waals surface area contributed by atoms with Crippen LogP contribution >= 0.6 is 11.6 Å². The SMILES string of the molecule is Clc1ccc2c(c1)C[C@H](N1CCCC1)Cc1nnc(C3CCC(Oc4ccccn4)CC3)n1-2.